The fourth-order valence-corrected chi connectivity index (χ4v) is 3.07. The number of carbonyl (C=O) groups is 1. The Labute approximate surface area is 148 Å². The highest BCUT2D eigenvalue weighted by molar-refractivity contribution is 7.99. The second-order valence-electron chi connectivity index (χ2n) is 5.50. The van der Waals surface area contributed by atoms with Crippen molar-refractivity contribution in [1.82, 2.24) is 25.0 Å². The van der Waals surface area contributed by atoms with Crippen LogP contribution in [-0.2, 0) is 18.3 Å². The Kier molecular flexibility index (Phi) is 5.13. The van der Waals surface area contributed by atoms with Gasteiger partial charge in [0, 0.05) is 25.5 Å². The molecule has 0 aliphatic carbocycles. The Bertz CT molecular complexity index is 861. The molecule has 2 heterocycles. The Hall–Kier alpha value is -2.68. The quantitative estimate of drug-likeness (QED) is 0.644. The smallest absolute Gasteiger partial charge is 0.247 e. The Morgan fingerprint density at radius 2 is 2.00 bits per heavy atom. The SMILES string of the molecule is C[C@@H](Sc1nnc(CCC(N)=O)n1C)c1nnc(-c2ccccc2)o1. The summed E-state index contributed by atoms with van der Waals surface area (Å²) in [7, 11) is 1.86. The van der Waals surface area contributed by atoms with Crippen LogP contribution in [0.5, 0.6) is 0 Å². The second kappa shape index (κ2) is 7.47. The van der Waals surface area contributed by atoms with Crippen LogP contribution in [0, 0.1) is 0 Å². The van der Waals surface area contributed by atoms with Gasteiger partial charge in [0.25, 0.3) is 0 Å². The molecule has 2 N–H and O–H groups in total. The largest absolute Gasteiger partial charge is 0.419 e. The highest BCUT2D eigenvalue weighted by Gasteiger charge is 2.20. The summed E-state index contributed by atoms with van der Waals surface area (Å²) in [6.45, 7) is 1.96. The van der Waals surface area contributed by atoms with E-state index in [1.165, 1.54) is 11.8 Å². The lowest BCUT2D eigenvalue weighted by atomic mass is 10.2. The summed E-state index contributed by atoms with van der Waals surface area (Å²) in [5.74, 6) is 1.36. The van der Waals surface area contributed by atoms with Crippen molar-refractivity contribution in [2.75, 3.05) is 0 Å². The first-order valence-electron chi connectivity index (χ1n) is 7.76. The standard InChI is InChI=1S/C16H18N6O2S/c1-10(14-19-20-15(24-14)11-6-4-3-5-7-11)25-16-21-18-13(22(16)2)9-8-12(17)23/h3-7,10H,8-9H2,1-2H3,(H2,17,23)/t10-/m1/s1. The topological polar surface area (TPSA) is 113 Å². The molecule has 0 bridgehead atoms. The average Bonchev–Trinajstić information content (AvgIpc) is 3.22. The first-order valence-corrected chi connectivity index (χ1v) is 8.64. The fourth-order valence-electron chi connectivity index (χ4n) is 2.21. The molecule has 0 saturated heterocycles. The first kappa shape index (κ1) is 17.2. The summed E-state index contributed by atoms with van der Waals surface area (Å²) in [6, 6.07) is 9.61. The molecular weight excluding hydrogens is 340 g/mol. The maximum absolute atomic E-state index is 10.9. The molecule has 1 atom stereocenters. The van der Waals surface area contributed by atoms with Gasteiger partial charge in [0.1, 0.15) is 5.82 Å². The van der Waals surface area contributed by atoms with Crippen LogP contribution in [-0.4, -0.2) is 30.9 Å². The number of amides is 1. The number of thioether (sulfide) groups is 1. The van der Waals surface area contributed by atoms with Crippen LogP contribution in [0.25, 0.3) is 11.5 Å². The molecule has 130 valence electrons. The molecule has 1 aromatic carbocycles. The molecule has 0 spiro atoms. The number of nitrogens with zero attached hydrogens (tertiary/aromatic N) is 5. The van der Waals surface area contributed by atoms with Gasteiger partial charge in [-0.2, -0.15) is 0 Å². The van der Waals surface area contributed by atoms with Gasteiger partial charge in [0.05, 0.1) is 5.25 Å². The summed E-state index contributed by atoms with van der Waals surface area (Å²) in [5, 5.41) is 17.1. The zero-order chi connectivity index (χ0) is 17.8. The molecule has 0 unspecified atom stereocenters. The predicted molar refractivity (Wildman–Crippen MR) is 92.5 cm³/mol. The van der Waals surface area contributed by atoms with E-state index in [1.807, 2.05) is 48.9 Å². The van der Waals surface area contributed by atoms with Crippen molar-refractivity contribution in [3.05, 3.63) is 42.0 Å². The number of primary amides is 1. The number of rotatable bonds is 7. The molecule has 3 rings (SSSR count). The number of aryl methyl sites for hydroxylation is 1. The Balaban J connectivity index is 1.70. The Morgan fingerprint density at radius 1 is 1.24 bits per heavy atom. The van der Waals surface area contributed by atoms with Gasteiger partial charge in [-0.05, 0) is 19.1 Å². The van der Waals surface area contributed by atoms with Crippen LogP contribution in [0.3, 0.4) is 0 Å². The molecule has 8 nitrogen and oxygen atoms in total. The van der Waals surface area contributed by atoms with Gasteiger partial charge in [-0.15, -0.1) is 20.4 Å². The van der Waals surface area contributed by atoms with E-state index >= 15 is 0 Å². The van der Waals surface area contributed by atoms with Gasteiger partial charge >= 0.3 is 0 Å². The van der Waals surface area contributed by atoms with Crippen molar-refractivity contribution >= 4 is 17.7 Å². The van der Waals surface area contributed by atoms with Crippen molar-refractivity contribution in [2.45, 2.75) is 30.2 Å². The third-order valence-corrected chi connectivity index (χ3v) is 4.73. The molecule has 3 aromatic rings. The molecule has 2 aromatic heterocycles. The minimum atomic E-state index is -0.357. The normalized spacial score (nSPS) is 12.2. The van der Waals surface area contributed by atoms with E-state index in [0.717, 1.165) is 5.56 Å². The first-order chi connectivity index (χ1) is 12.0. The molecule has 9 heteroatoms. The molecule has 0 aliphatic rings. The second-order valence-corrected chi connectivity index (χ2v) is 6.80. The molecule has 0 saturated carbocycles. The van der Waals surface area contributed by atoms with Crippen molar-refractivity contribution in [1.29, 1.82) is 0 Å². The van der Waals surface area contributed by atoms with Gasteiger partial charge in [-0.3, -0.25) is 4.79 Å². The van der Waals surface area contributed by atoms with Crippen molar-refractivity contribution in [3.63, 3.8) is 0 Å². The minimum absolute atomic E-state index is 0.0862. The van der Waals surface area contributed by atoms with E-state index in [-0.39, 0.29) is 17.6 Å². The summed E-state index contributed by atoms with van der Waals surface area (Å²) < 4.78 is 7.61. The monoisotopic (exact) mass is 358 g/mol. The van der Waals surface area contributed by atoms with Gasteiger partial charge < -0.3 is 14.7 Å². The number of carbonyl (C=O) groups excluding carboxylic acids is 1. The molecule has 0 aliphatic heterocycles. The van der Waals surface area contributed by atoms with Crippen LogP contribution in [0.1, 0.15) is 30.3 Å². The predicted octanol–water partition coefficient (Wildman–Crippen LogP) is 2.14. The maximum atomic E-state index is 10.9. The lowest BCUT2D eigenvalue weighted by Crippen LogP contribution is -2.12. The highest BCUT2D eigenvalue weighted by atomic mass is 32.2. The van der Waals surface area contributed by atoms with Crippen molar-refractivity contribution in [3.8, 4) is 11.5 Å². The maximum Gasteiger partial charge on any atom is 0.247 e. The highest BCUT2D eigenvalue weighted by Crippen LogP contribution is 2.34. The third-order valence-electron chi connectivity index (χ3n) is 3.61. The van der Waals surface area contributed by atoms with Gasteiger partial charge in [-0.1, -0.05) is 30.0 Å². The van der Waals surface area contributed by atoms with E-state index in [9.17, 15) is 4.79 Å². The third kappa shape index (κ3) is 4.05. The van der Waals surface area contributed by atoms with E-state index in [1.54, 1.807) is 0 Å². The summed E-state index contributed by atoms with van der Waals surface area (Å²) in [6.07, 6.45) is 0.711. The van der Waals surface area contributed by atoms with E-state index < -0.39 is 0 Å². The average molecular weight is 358 g/mol. The summed E-state index contributed by atoms with van der Waals surface area (Å²) in [4.78, 5) is 10.9. The molecule has 1 amide bonds. The van der Waals surface area contributed by atoms with Crippen molar-refractivity contribution in [2.24, 2.45) is 12.8 Å². The molecule has 0 fully saturated rings. The number of hydrogen-bond acceptors (Lipinski definition) is 7. The lowest BCUT2D eigenvalue weighted by Gasteiger charge is -2.06. The summed E-state index contributed by atoms with van der Waals surface area (Å²) >= 11 is 1.46. The van der Waals surface area contributed by atoms with Crippen molar-refractivity contribution < 1.29 is 9.21 Å². The van der Waals surface area contributed by atoms with Crippen LogP contribution in [0.2, 0.25) is 0 Å². The van der Waals surface area contributed by atoms with Crippen LogP contribution >= 0.6 is 11.8 Å². The summed E-state index contributed by atoms with van der Waals surface area (Å²) in [5.41, 5.74) is 6.06. The van der Waals surface area contributed by atoms with Crippen LogP contribution < -0.4 is 5.73 Å². The number of benzene rings is 1. The number of aromatic nitrogens is 5. The fraction of sp³-hybridized carbons (Fsp3) is 0.312. The number of nitrogens with two attached hydrogens (primary N) is 1. The van der Waals surface area contributed by atoms with E-state index in [2.05, 4.69) is 20.4 Å². The van der Waals surface area contributed by atoms with Crippen LogP contribution in [0.15, 0.2) is 39.9 Å². The van der Waals surface area contributed by atoms with Crippen LogP contribution in [0.4, 0.5) is 0 Å². The van der Waals surface area contributed by atoms with Gasteiger partial charge in [0.15, 0.2) is 5.16 Å². The van der Waals surface area contributed by atoms with E-state index in [4.69, 9.17) is 10.2 Å². The zero-order valence-electron chi connectivity index (χ0n) is 13.9. The Morgan fingerprint density at radius 3 is 2.72 bits per heavy atom. The molecule has 25 heavy (non-hydrogen) atoms. The zero-order valence-corrected chi connectivity index (χ0v) is 14.7. The lowest BCUT2D eigenvalue weighted by molar-refractivity contribution is -0.118. The molecular formula is C16H18N6O2S. The van der Waals surface area contributed by atoms with Gasteiger partial charge in [0.2, 0.25) is 17.7 Å². The minimum Gasteiger partial charge on any atom is -0.419 e. The molecule has 0 radical (unpaired) electrons. The number of hydrogen-bond donors (Lipinski definition) is 1. The van der Waals surface area contributed by atoms with E-state index in [0.29, 0.717) is 29.2 Å². The van der Waals surface area contributed by atoms with Gasteiger partial charge in [-0.25, -0.2) is 0 Å².